The topological polar surface area (TPSA) is 99.5 Å². The van der Waals surface area contributed by atoms with E-state index in [0.29, 0.717) is 40.3 Å². The predicted octanol–water partition coefficient (Wildman–Crippen LogP) is 4.72. The van der Waals surface area contributed by atoms with Crippen molar-refractivity contribution in [1.29, 1.82) is 0 Å². The average Bonchev–Trinajstić information content (AvgIpc) is 3.35. The number of carbonyl (C=O) groups excluding carboxylic acids is 1. The van der Waals surface area contributed by atoms with E-state index in [1.165, 1.54) is 6.33 Å². The summed E-state index contributed by atoms with van der Waals surface area (Å²) in [4.78, 5) is 20.7. The van der Waals surface area contributed by atoms with Crippen LogP contribution in [0.2, 0.25) is 0 Å². The Labute approximate surface area is 184 Å². The lowest BCUT2D eigenvalue weighted by Crippen LogP contribution is -2.19. The van der Waals surface area contributed by atoms with Gasteiger partial charge in [0.1, 0.15) is 29.4 Å². The van der Waals surface area contributed by atoms with Crippen LogP contribution in [-0.4, -0.2) is 34.8 Å². The van der Waals surface area contributed by atoms with Gasteiger partial charge < -0.3 is 29.4 Å². The van der Waals surface area contributed by atoms with Crippen LogP contribution in [-0.2, 0) is 0 Å². The fourth-order valence-corrected chi connectivity index (χ4v) is 2.91. The number of nitrogens with zero attached hydrogens (tertiary/aromatic N) is 3. The van der Waals surface area contributed by atoms with Crippen LogP contribution in [0, 0.1) is 0 Å². The highest BCUT2D eigenvalue weighted by atomic mass is 16.5. The molecule has 0 unspecified atom stereocenters. The van der Waals surface area contributed by atoms with Crippen molar-refractivity contribution in [2.75, 3.05) is 24.9 Å². The minimum Gasteiger partial charge on any atom is -0.497 e. The third-order valence-corrected chi connectivity index (χ3v) is 4.44. The molecule has 0 saturated heterocycles. The third kappa shape index (κ3) is 5.14. The summed E-state index contributed by atoms with van der Waals surface area (Å²) >= 11 is 0. The van der Waals surface area contributed by atoms with Gasteiger partial charge in [0.2, 0.25) is 5.88 Å². The predicted molar refractivity (Wildman–Crippen MR) is 120 cm³/mol. The molecule has 4 aromatic rings. The Morgan fingerprint density at radius 2 is 1.47 bits per heavy atom. The van der Waals surface area contributed by atoms with Crippen LogP contribution in [0.1, 0.15) is 0 Å². The first-order valence-electron chi connectivity index (χ1n) is 9.67. The molecule has 2 aromatic carbocycles. The van der Waals surface area contributed by atoms with Crippen molar-refractivity contribution >= 4 is 17.4 Å². The van der Waals surface area contributed by atoms with Gasteiger partial charge in [0.25, 0.3) is 0 Å². The molecule has 2 amide bonds. The van der Waals surface area contributed by atoms with Crippen molar-refractivity contribution in [2.24, 2.45) is 0 Å². The average molecular weight is 431 g/mol. The van der Waals surface area contributed by atoms with Crippen LogP contribution < -0.4 is 24.8 Å². The van der Waals surface area contributed by atoms with Crippen LogP contribution in [0.3, 0.4) is 0 Å². The van der Waals surface area contributed by atoms with Gasteiger partial charge >= 0.3 is 6.03 Å². The summed E-state index contributed by atoms with van der Waals surface area (Å²) in [7, 11) is 3.09. The van der Waals surface area contributed by atoms with Crippen LogP contribution in [0.15, 0.2) is 79.4 Å². The first-order chi connectivity index (χ1) is 15.6. The third-order valence-electron chi connectivity index (χ3n) is 4.44. The Hall–Kier alpha value is -4.53. The first-order valence-corrected chi connectivity index (χ1v) is 9.67. The zero-order chi connectivity index (χ0) is 22.3. The number of benzene rings is 2. The Bertz CT molecular complexity index is 1170. The highest BCUT2D eigenvalue weighted by molar-refractivity contribution is 6.00. The van der Waals surface area contributed by atoms with E-state index < -0.39 is 6.03 Å². The van der Waals surface area contributed by atoms with E-state index in [9.17, 15) is 4.79 Å². The number of carbonyl (C=O) groups is 1. The van der Waals surface area contributed by atoms with Gasteiger partial charge in [0.05, 0.1) is 14.2 Å². The monoisotopic (exact) mass is 431 g/mol. The molecule has 0 aliphatic carbocycles. The Morgan fingerprint density at radius 3 is 2.12 bits per heavy atom. The second-order valence-corrected chi connectivity index (χ2v) is 6.61. The largest absolute Gasteiger partial charge is 0.497 e. The SMILES string of the molecule is COc1cc(NC(=O)Nc2ccc(Oc3cc(-n4cccc4)ncn3)cc2)cc(OC)c1. The lowest BCUT2D eigenvalue weighted by atomic mass is 10.2. The lowest BCUT2D eigenvalue weighted by Gasteiger charge is -2.11. The molecule has 162 valence electrons. The van der Waals surface area contributed by atoms with E-state index in [0.717, 1.165) is 0 Å². The molecule has 0 bridgehead atoms. The van der Waals surface area contributed by atoms with E-state index in [1.807, 2.05) is 29.1 Å². The summed E-state index contributed by atoms with van der Waals surface area (Å²) in [5.74, 6) is 2.83. The number of anilines is 2. The molecule has 2 aromatic heterocycles. The van der Waals surface area contributed by atoms with Gasteiger partial charge in [-0.15, -0.1) is 0 Å². The highest BCUT2D eigenvalue weighted by Gasteiger charge is 2.08. The Morgan fingerprint density at radius 1 is 0.812 bits per heavy atom. The molecule has 9 nitrogen and oxygen atoms in total. The van der Waals surface area contributed by atoms with Crippen LogP contribution in [0.5, 0.6) is 23.1 Å². The van der Waals surface area contributed by atoms with Crippen LogP contribution in [0.25, 0.3) is 5.82 Å². The van der Waals surface area contributed by atoms with E-state index in [2.05, 4.69) is 20.6 Å². The highest BCUT2D eigenvalue weighted by Crippen LogP contribution is 2.26. The van der Waals surface area contributed by atoms with E-state index >= 15 is 0 Å². The van der Waals surface area contributed by atoms with E-state index in [-0.39, 0.29) is 0 Å². The molecule has 2 heterocycles. The summed E-state index contributed by atoms with van der Waals surface area (Å²) in [5, 5.41) is 5.52. The molecule has 9 heteroatoms. The van der Waals surface area contributed by atoms with Gasteiger partial charge in [-0.1, -0.05) is 0 Å². The number of rotatable bonds is 7. The van der Waals surface area contributed by atoms with Gasteiger partial charge in [-0.25, -0.2) is 14.8 Å². The number of ether oxygens (including phenoxy) is 3. The number of amides is 2. The number of nitrogens with one attached hydrogen (secondary N) is 2. The molecule has 4 rings (SSSR count). The number of urea groups is 1. The van der Waals surface area contributed by atoms with Gasteiger partial charge in [0, 0.05) is 48.0 Å². The van der Waals surface area contributed by atoms with Crippen molar-refractivity contribution in [3.8, 4) is 28.9 Å². The number of aromatic nitrogens is 3. The van der Waals surface area contributed by atoms with Gasteiger partial charge in [-0.3, -0.25) is 0 Å². The quantitative estimate of drug-likeness (QED) is 0.439. The maximum Gasteiger partial charge on any atom is 0.323 e. The zero-order valence-electron chi connectivity index (χ0n) is 17.5. The molecule has 0 aliphatic rings. The first kappa shape index (κ1) is 20.7. The Kier molecular flexibility index (Phi) is 6.17. The second-order valence-electron chi connectivity index (χ2n) is 6.61. The van der Waals surface area contributed by atoms with Crippen LogP contribution in [0.4, 0.5) is 16.2 Å². The molecule has 0 spiro atoms. The van der Waals surface area contributed by atoms with Crippen molar-refractivity contribution < 1.29 is 19.0 Å². The van der Waals surface area contributed by atoms with Crippen molar-refractivity contribution in [1.82, 2.24) is 14.5 Å². The second kappa shape index (κ2) is 9.52. The summed E-state index contributed by atoms with van der Waals surface area (Å²) in [5.41, 5.74) is 1.14. The molecular formula is C23H21N5O4. The number of hydrogen-bond donors (Lipinski definition) is 2. The fourth-order valence-electron chi connectivity index (χ4n) is 2.91. The molecule has 2 N–H and O–H groups in total. The summed E-state index contributed by atoms with van der Waals surface area (Å²) < 4.78 is 18.1. The van der Waals surface area contributed by atoms with Gasteiger partial charge in [-0.05, 0) is 36.4 Å². The fraction of sp³-hybridized carbons (Fsp3) is 0.0870. The molecule has 0 atom stereocenters. The van der Waals surface area contributed by atoms with Crippen molar-refractivity contribution in [3.63, 3.8) is 0 Å². The smallest absolute Gasteiger partial charge is 0.323 e. The van der Waals surface area contributed by atoms with E-state index in [1.54, 1.807) is 62.8 Å². The van der Waals surface area contributed by atoms with Crippen molar-refractivity contribution in [3.05, 3.63) is 79.4 Å². The standard InChI is InChI=1S/C23H21N5O4/c1-30-19-11-17(12-20(13-19)31-2)27-23(29)26-16-5-7-18(8-6-16)32-22-14-21(24-15-25-22)28-9-3-4-10-28/h3-15H,1-2H3,(H2,26,27,29). The molecule has 0 saturated carbocycles. The molecule has 32 heavy (non-hydrogen) atoms. The maximum atomic E-state index is 12.4. The zero-order valence-corrected chi connectivity index (χ0v) is 17.5. The lowest BCUT2D eigenvalue weighted by molar-refractivity contribution is 0.262. The maximum absolute atomic E-state index is 12.4. The number of hydrogen-bond acceptors (Lipinski definition) is 6. The normalized spacial score (nSPS) is 10.3. The minimum atomic E-state index is -0.402. The Balaban J connectivity index is 1.38. The summed E-state index contributed by atoms with van der Waals surface area (Å²) in [6, 6.07) is 17.2. The van der Waals surface area contributed by atoms with Crippen molar-refractivity contribution in [2.45, 2.75) is 0 Å². The molecule has 0 fully saturated rings. The summed E-state index contributed by atoms with van der Waals surface area (Å²) in [6.45, 7) is 0. The summed E-state index contributed by atoms with van der Waals surface area (Å²) in [6.07, 6.45) is 5.22. The molecule has 0 radical (unpaired) electrons. The number of methoxy groups -OCH3 is 2. The van der Waals surface area contributed by atoms with Gasteiger partial charge in [0.15, 0.2) is 0 Å². The minimum absolute atomic E-state index is 0.402. The van der Waals surface area contributed by atoms with E-state index in [4.69, 9.17) is 14.2 Å². The van der Waals surface area contributed by atoms with Crippen LogP contribution >= 0.6 is 0 Å². The van der Waals surface area contributed by atoms with Gasteiger partial charge in [-0.2, -0.15) is 0 Å². The molecular weight excluding hydrogens is 410 g/mol. The molecule has 0 aliphatic heterocycles.